The molecule has 150 valence electrons. The van der Waals surface area contributed by atoms with Crippen molar-refractivity contribution in [1.82, 2.24) is 0 Å². The maximum absolute atomic E-state index is 9.60. The van der Waals surface area contributed by atoms with E-state index in [1.165, 1.54) is 6.92 Å². The zero-order valence-corrected chi connectivity index (χ0v) is 15.1. The van der Waals surface area contributed by atoms with Gasteiger partial charge in [-0.2, -0.15) is 4.74 Å². The molecule has 0 bridgehead atoms. The van der Waals surface area contributed by atoms with Gasteiger partial charge in [-0.05, 0) is 6.92 Å². The van der Waals surface area contributed by atoms with Gasteiger partial charge in [-0.1, -0.05) is 46.1 Å². The maximum Gasteiger partial charge on any atom is 0.567 e. The highest BCUT2D eigenvalue weighted by molar-refractivity contribution is 5.84. The number of hydrogen-bond acceptors (Lipinski definition) is 8. The summed E-state index contributed by atoms with van der Waals surface area (Å²) in [6.45, 7) is 24.8. The SMILES string of the molecule is C=C(C)C(=O)O.C=COC(OC=C)(OC=C)OC(OC=C)(OC=C)OC=C. The Balaban J connectivity index is 0. The summed E-state index contributed by atoms with van der Waals surface area (Å²) in [6.07, 6.45) is 1.41. The van der Waals surface area contributed by atoms with Crippen molar-refractivity contribution in [2.24, 2.45) is 0 Å². The number of carboxylic acids is 1. The minimum atomic E-state index is -2.24. The largest absolute Gasteiger partial charge is 0.567 e. The van der Waals surface area contributed by atoms with Crippen molar-refractivity contribution < 1.29 is 43.1 Å². The molecule has 27 heavy (non-hydrogen) atoms. The lowest BCUT2D eigenvalue weighted by molar-refractivity contribution is -0.582. The molecule has 0 aromatic carbocycles. The fourth-order valence-electron chi connectivity index (χ4n) is 1.08. The van der Waals surface area contributed by atoms with Crippen molar-refractivity contribution in [2.75, 3.05) is 0 Å². The number of hydrogen-bond donors (Lipinski definition) is 1. The van der Waals surface area contributed by atoms with Gasteiger partial charge in [-0.25, -0.2) is 4.79 Å². The van der Waals surface area contributed by atoms with Crippen molar-refractivity contribution in [1.29, 1.82) is 0 Å². The van der Waals surface area contributed by atoms with E-state index in [2.05, 4.69) is 46.1 Å². The Morgan fingerprint density at radius 1 is 0.704 bits per heavy atom. The highest BCUT2D eigenvalue weighted by Crippen LogP contribution is 2.30. The molecule has 9 heteroatoms. The number of aliphatic carboxylic acids is 1. The van der Waals surface area contributed by atoms with Crippen LogP contribution in [-0.2, 0) is 38.0 Å². The van der Waals surface area contributed by atoms with Crippen LogP contribution in [0, 0.1) is 0 Å². The molecule has 0 fully saturated rings. The van der Waals surface area contributed by atoms with Crippen LogP contribution < -0.4 is 0 Å². The molecule has 0 saturated heterocycles. The van der Waals surface area contributed by atoms with E-state index in [9.17, 15) is 4.79 Å². The summed E-state index contributed by atoms with van der Waals surface area (Å²) in [5.74, 6) is -0.935. The Labute approximate surface area is 158 Å². The zero-order valence-electron chi connectivity index (χ0n) is 15.1. The first-order valence-electron chi connectivity index (χ1n) is 7.03. The number of carbonyl (C=O) groups is 1. The molecular formula is C18H24O9. The second-order valence-electron chi connectivity index (χ2n) is 3.89. The van der Waals surface area contributed by atoms with Crippen LogP contribution in [-0.4, -0.2) is 23.4 Å². The van der Waals surface area contributed by atoms with Crippen molar-refractivity contribution >= 4 is 5.97 Å². The average Bonchev–Trinajstić information content (AvgIpc) is 2.56. The molecule has 0 saturated carbocycles. The van der Waals surface area contributed by atoms with Crippen LogP contribution in [0.4, 0.5) is 0 Å². The molecule has 0 atom stereocenters. The Kier molecular flexibility index (Phi) is 13.0. The zero-order chi connectivity index (χ0) is 21.3. The molecule has 0 aliphatic heterocycles. The molecule has 0 spiro atoms. The van der Waals surface area contributed by atoms with Crippen LogP contribution in [0.3, 0.4) is 0 Å². The lowest BCUT2D eigenvalue weighted by atomic mass is 10.4. The van der Waals surface area contributed by atoms with E-state index in [4.69, 9.17) is 38.3 Å². The Morgan fingerprint density at radius 2 is 0.889 bits per heavy atom. The molecule has 0 aromatic rings. The molecule has 0 aromatic heterocycles. The average molecular weight is 384 g/mol. The van der Waals surface area contributed by atoms with E-state index >= 15 is 0 Å². The topological polar surface area (TPSA) is 102 Å². The van der Waals surface area contributed by atoms with E-state index in [0.717, 1.165) is 37.6 Å². The van der Waals surface area contributed by atoms with Gasteiger partial charge < -0.3 is 33.5 Å². The van der Waals surface area contributed by atoms with Crippen LogP contribution >= 0.6 is 0 Å². The first-order valence-corrected chi connectivity index (χ1v) is 7.03. The number of ether oxygens (including phenoxy) is 7. The van der Waals surface area contributed by atoms with Gasteiger partial charge in [-0.3, -0.25) is 0 Å². The number of carboxylic acid groups (broad SMARTS) is 1. The molecular weight excluding hydrogens is 360 g/mol. The lowest BCUT2D eigenvalue weighted by Crippen LogP contribution is -2.50. The summed E-state index contributed by atoms with van der Waals surface area (Å²) in [4.78, 5) is 9.60. The van der Waals surface area contributed by atoms with Crippen molar-refractivity contribution in [3.05, 3.63) is 89.2 Å². The fraction of sp³-hybridized carbons (Fsp3) is 0.167. The standard InChI is InChI=1S/C14H18O7.C4H6O2/c1-7-15-13(16-8-2,17-9-3)21-14(18-10-4,19-11-5)20-12-6;1-3(2)4(5)6/h7-12H,1-6H2;1H2,2H3,(H,5,6). The molecule has 0 radical (unpaired) electrons. The van der Waals surface area contributed by atoms with E-state index in [1.54, 1.807) is 0 Å². The normalized spacial score (nSPS) is 9.67. The monoisotopic (exact) mass is 384 g/mol. The van der Waals surface area contributed by atoms with Crippen molar-refractivity contribution in [2.45, 2.75) is 19.2 Å². The molecule has 9 nitrogen and oxygen atoms in total. The molecule has 0 heterocycles. The molecule has 1 N–H and O–H groups in total. The van der Waals surface area contributed by atoms with E-state index < -0.39 is 18.3 Å². The summed E-state index contributed by atoms with van der Waals surface area (Å²) in [7, 11) is 0. The van der Waals surface area contributed by atoms with Crippen molar-refractivity contribution in [3.8, 4) is 0 Å². The fourth-order valence-corrected chi connectivity index (χ4v) is 1.08. The first kappa shape index (κ1) is 25.6. The van der Waals surface area contributed by atoms with E-state index in [1.807, 2.05) is 0 Å². The van der Waals surface area contributed by atoms with Crippen LogP contribution in [0.5, 0.6) is 0 Å². The first-order chi connectivity index (χ1) is 12.7. The van der Waals surface area contributed by atoms with E-state index in [-0.39, 0.29) is 5.57 Å². The van der Waals surface area contributed by atoms with Crippen LogP contribution in [0.25, 0.3) is 0 Å². The maximum atomic E-state index is 9.60. The Bertz CT molecular complexity index is 450. The second-order valence-corrected chi connectivity index (χ2v) is 3.89. The smallest absolute Gasteiger partial charge is 0.478 e. The summed E-state index contributed by atoms with van der Waals surface area (Å²) in [6, 6.07) is 0. The quantitative estimate of drug-likeness (QED) is 0.256. The predicted octanol–water partition coefficient (Wildman–Crippen LogP) is 3.83. The summed E-state index contributed by atoms with van der Waals surface area (Å²) >= 11 is 0. The van der Waals surface area contributed by atoms with Crippen molar-refractivity contribution in [3.63, 3.8) is 0 Å². The summed E-state index contributed by atoms with van der Waals surface area (Å²) in [5.41, 5.74) is 0.176. The highest BCUT2D eigenvalue weighted by atomic mass is 17.1. The van der Waals surface area contributed by atoms with Gasteiger partial charge in [0, 0.05) is 5.57 Å². The van der Waals surface area contributed by atoms with Gasteiger partial charge in [0.2, 0.25) is 0 Å². The lowest BCUT2D eigenvalue weighted by Gasteiger charge is -2.35. The molecule has 0 amide bonds. The van der Waals surface area contributed by atoms with Gasteiger partial charge in [0.15, 0.2) is 0 Å². The van der Waals surface area contributed by atoms with Gasteiger partial charge >= 0.3 is 18.3 Å². The molecule has 0 aliphatic carbocycles. The third kappa shape index (κ3) is 10.1. The van der Waals surface area contributed by atoms with Gasteiger partial charge in [0.1, 0.15) is 0 Å². The number of rotatable bonds is 15. The highest BCUT2D eigenvalue weighted by Gasteiger charge is 2.53. The summed E-state index contributed by atoms with van der Waals surface area (Å²) < 4.78 is 35.4. The molecule has 0 aliphatic rings. The van der Waals surface area contributed by atoms with Gasteiger partial charge in [-0.15, -0.1) is 0 Å². The minimum absolute atomic E-state index is 0.176. The minimum Gasteiger partial charge on any atom is -0.478 e. The van der Waals surface area contributed by atoms with E-state index in [0.29, 0.717) is 0 Å². The molecule has 0 rings (SSSR count). The molecule has 0 unspecified atom stereocenters. The third-order valence-corrected chi connectivity index (χ3v) is 1.98. The Morgan fingerprint density at radius 3 is 1.00 bits per heavy atom. The van der Waals surface area contributed by atoms with Gasteiger partial charge in [0.05, 0.1) is 37.6 Å². The Hall–Kier alpha value is -3.59. The third-order valence-electron chi connectivity index (χ3n) is 1.98. The van der Waals surface area contributed by atoms with Crippen LogP contribution in [0.1, 0.15) is 6.92 Å². The van der Waals surface area contributed by atoms with Crippen LogP contribution in [0.15, 0.2) is 89.2 Å². The predicted molar refractivity (Wildman–Crippen MR) is 96.7 cm³/mol. The summed E-state index contributed by atoms with van der Waals surface area (Å²) in [5, 5.41) is 7.89. The van der Waals surface area contributed by atoms with Gasteiger partial charge in [0.25, 0.3) is 0 Å². The van der Waals surface area contributed by atoms with Crippen LogP contribution in [0.2, 0.25) is 0 Å². The second kappa shape index (κ2) is 13.7.